The zero-order chi connectivity index (χ0) is 10.6. The van der Waals surface area contributed by atoms with Crippen LogP contribution in [-0.4, -0.2) is 48.0 Å². The average molecular weight is 201 g/mol. The van der Waals surface area contributed by atoms with Crippen molar-refractivity contribution < 1.29 is 9.84 Å². The average Bonchev–Trinajstić information content (AvgIpc) is 2.21. The van der Waals surface area contributed by atoms with Crippen LogP contribution in [0.2, 0.25) is 0 Å². The molecule has 0 radical (unpaired) electrons. The highest BCUT2D eigenvalue weighted by atomic mass is 16.5. The third-order valence-electron chi connectivity index (χ3n) is 3.32. The molecular formula is C11H23NO2. The predicted molar refractivity (Wildman–Crippen MR) is 57.4 cm³/mol. The van der Waals surface area contributed by atoms with Gasteiger partial charge in [-0.3, -0.25) is 4.90 Å². The quantitative estimate of drug-likeness (QED) is 0.743. The van der Waals surface area contributed by atoms with Gasteiger partial charge >= 0.3 is 0 Å². The van der Waals surface area contributed by atoms with Gasteiger partial charge in [-0.05, 0) is 19.8 Å². The van der Waals surface area contributed by atoms with Gasteiger partial charge in [0.2, 0.25) is 0 Å². The van der Waals surface area contributed by atoms with Crippen molar-refractivity contribution in [2.24, 2.45) is 0 Å². The summed E-state index contributed by atoms with van der Waals surface area (Å²) in [5, 5.41) is 10.2. The second-order valence-electron chi connectivity index (χ2n) is 4.33. The third-order valence-corrected chi connectivity index (χ3v) is 3.32. The number of hydrogen-bond donors (Lipinski definition) is 1. The SMILES string of the molecule is CCC(O)(CC)CN1CCOCC1C. The largest absolute Gasteiger partial charge is 0.389 e. The molecule has 0 aromatic heterocycles. The van der Waals surface area contributed by atoms with E-state index in [0.29, 0.717) is 6.04 Å². The van der Waals surface area contributed by atoms with E-state index in [-0.39, 0.29) is 0 Å². The zero-order valence-electron chi connectivity index (χ0n) is 9.62. The predicted octanol–water partition coefficient (Wildman–Crippen LogP) is 1.26. The molecule has 1 rings (SSSR count). The second-order valence-corrected chi connectivity index (χ2v) is 4.33. The molecule has 3 heteroatoms. The third kappa shape index (κ3) is 2.94. The summed E-state index contributed by atoms with van der Waals surface area (Å²) in [5.41, 5.74) is -0.508. The number of ether oxygens (including phenoxy) is 1. The van der Waals surface area contributed by atoms with Gasteiger partial charge in [0, 0.05) is 19.1 Å². The standard InChI is InChI=1S/C11H23NO2/c1-4-11(13,5-2)9-12-6-7-14-8-10(12)3/h10,13H,4-9H2,1-3H3. The summed E-state index contributed by atoms with van der Waals surface area (Å²) in [6, 6.07) is 0.438. The molecular weight excluding hydrogens is 178 g/mol. The zero-order valence-corrected chi connectivity index (χ0v) is 9.62. The van der Waals surface area contributed by atoms with Crippen LogP contribution in [0.3, 0.4) is 0 Å². The second kappa shape index (κ2) is 5.10. The molecule has 0 amide bonds. The number of aliphatic hydroxyl groups is 1. The molecule has 0 bridgehead atoms. The summed E-state index contributed by atoms with van der Waals surface area (Å²) in [5.74, 6) is 0. The molecule has 1 fully saturated rings. The molecule has 3 nitrogen and oxygen atoms in total. The molecule has 1 saturated heterocycles. The van der Waals surface area contributed by atoms with E-state index >= 15 is 0 Å². The fourth-order valence-electron chi connectivity index (χ4n) is 1.85. The Hall–Kier alpha value is -0.120. The van der Waals surface area contributed by atoms with Gasteiger partial charge in [0.1, 0.15) is 0 Å². The Morgan fingerprint density at radius 2 is 2.07 bits per heavy atom. The normalized spacial score (nSPS) is 25.3. The molecule has 0 aromatic rings. The molecule has 84 valence electrons. The van der Waals surface area contributed by atoms with E-state index in [1.54, 1.807) is 0 Å². The summed E-state index contributed by atoms with van der Waals surface area (Å²) >= 11 is 0. The lowest BCUT2D eigenvalue weighted by molar-refractivity contribution is -0.0584. The van der Waals surface area contributed by atoms with E-state index in [0.717, 1.165) is 39.1 Å². The Balaban J connectivity index is 2.48. The summed E-state index contributed by atoms with van der Waals surface area (Å²) in [7, 11) is 0. The van der Waals surface area contributed by atoms with Crippen molar-refractivity contribution in [2.75, 3.05) is 26.3 Å². The molecule has 0 spiro atoms. The number of hydrogen-bond acceptors (Lipinski definition) is 3. The van der Waals surface area contributed by atoms with E-state index in [2.05, 4.69) is 25.7 Å². The van der Waals surface area contributed by atoms with Crippen LogP contribution in [0.4, 0.5) is 0 Å². The van der Waals surface area contributed by atoms with Gasteiger partial charge in [-0.25, -0.2) is 0 Å². The fourth-order valence-corrected chi connectivity index (χ4v) is 1.85. The summed E-state index contributed by atoms with van der Waals surface area (Å²) < 4.78 is 5.37. The number of nitrogens with zero attached hydrogens (tertiary/aromatic N) is 1. The van der Waals surface area contributed by atoms with Gasteiger partial charge in [-0.15, -0.1) is 0 Å². The first kappa shape index (κ1) is 12.0. The highest BCUT2D eigenvalue weighted by molar-refractivity contribution is 4.83. The number of β-amino-alcohol motifs (C(OH)–C–C–N with tert-alkyl or cyclic N) is 1. The van der Waals surface area contributed by atoms with Crippen molar-refractivity contribution in [2.45, 2.75) is 45.3 Å². The van der Waals surface area contributed by atoms with Gasteiger partial charge in [0.05, 0.1) is 18.8 Å². The maximum absolute atomic E-state index is 10.2. The molecule has 0 saturated carbocycles. The summed E-state index contributed by atoms with van der Waals surface area (Å²) in [4.78, 5) is 2.33. The molecule has 1 atom stereocenters. The highest BCUT2D eigenvalue weighted by Crippen LogP contribution is 2.19. The Kier molecular flexibility index (Phi) is 4.35. The van der Waals surface area contributed by atoms with Crippen molar-refractivity contribution in [3.63, 3.8) is 0 Å². The molecule has 1 N–H and O–H groups in total. The molecule has 14 heavy (non-hydrogen) atoms. The smallest absolute Gasteiger partial charge is 0.0769 e. The minimum absolute atomic E-state index is 0.438. The Morgan fingerprint density at radius 1 is 1.43 bits per heavy atom. The van der Waals surface area contributed by atoms with Gasteiger partial charge < -0.3 is 9.84 Å². The van der Waals surface area contributed by atoms with Crippen molar-refractivity contribution in [3.8, 4) is 0 Å². The Labute approximate surface area is 87.1 Å². The first-order valence-corrected chi connectivity index (χ1v) is 5.65. The van der Waals surface area contributed by atoms with Crippen LogP contribution in [0.5, 0.6) is 0 Å². The van der Waals surface area contributed by atoms with E-state index in [9.17, 15) is 5.11 Å². The molecule has 1 unspecified atom stereocenters. The van der Waals surface area contributed by atoms with Gasteiger partial charge in [-0.2, -0.15) is 0 Å². The van der Waals surface area contributed by atoms with E-state index < -0.39 is 5.60 Å². The van der Waals surface area contributed by atoms with Crippen LogP contribution in [0, 0.1) is 0 Å². The first-order chi connectivity index (χ1) is 6.61. The maximum atomic E-state index is 10.2. The summed E-state index contributed by atoms with van der Waals surface area (Å²) in [6.45, 7) is 9.58. The molecule has 1 aliphatic heterocycles. The monoisotopic (exact) mass is 201 g/mol. The van der Waals surface area contributed by atoms with Crippen LogP contribution in [0.15, 0.2) is 0 Å². The fraction of sp³-hybridized carbons (Fsp3) is 1.00. The van der Waals surface area contributed by atoms with Crippen LogP contribution in [0.25, 0.3) is 0 Å². The van der Waals surface area contributed by atoms with Gasteiger partial charge in [-0.1, -0.05) is 13.8 Å². The van der Waals surface area contributed by atoms with Crippen LogP contribution >= 0.6 is 0 Å². The number of rotatable bonds is 4. The van der Waals surface area contributed by atoms with Crippen LogP contribution in [-0.2, 0) is 4.74 Å². The van der Waals surface area contributed by atoms with E-state index in [1.165, 1.54) is 0 Å². The van der Waals surface area contributed by atoms with Gasteiger partial charge in [0.15, 0.2) is 0 Å². The summed E-state index contributed by atoms with van der Waals surface area (Å²) in [6.07, 6.45) is 1.65. The lowest BCUT2D eigenvalue weighted by Crippen LogP contribution is -2.51. The maximum Gasteiger partial charge on any atom is 0.0769 e. The Bertz CT molecular complexity index is 169. The van der Waals surface area contributed by atoms with Crippen molar-refractivity contribution in [1.29, 1.82) is 0 Å². The van der Waals surface area contributed by atoms with Gasteiger partial charge in [0.25, 0.3) is 0 Å². The lowest BCUT2D eigenvalue weighted by atomic mass is 9.96. The van der Waals surface area contributed by atoms with E-state index in [4.69, 9.17) is 4.74 Å². The number of morpholine rings is 1. The van der Waals surface area contributed by atoms with Crippen molar-refractivity contribution in [1.82, 2.24) is 4.90 Å². The first-order valence-electron chi connectivity index (χ1n) is 5.65. The topological polar surface area (TPSA) is 32.7 Å². The molecule has 1 heterocycles. The minimum Gasteiger partial charge on any atom is -0.389 e. The molecule has 1 aliphatic rings. The molecule has 0 aromatic carbocycles. The van der Waals surface area contributed by atoms with Crippen molar-refractivity contribution in [3.05, 3.63) is 0 Å². The minimum atomic E-state index is -0.508. The van der Waals surface area contributed by atoms with Crippen LogP contribution < -0.4 is 0 Å². The highest BCUT2D eigenvalue weighted by Gasteiger charge is 2.29. The van der Waals surface area contributed by atoms with E-state index in [1.807, 2.05) is 0 Å². The van der Waals surface area contributed by atoms with Crippen molar-refractivity contribution >= 4 is 0 Å². The Morgan fingerprint density at radius 3 is 2.57 bits per heavy atom. The lowest BCUT2D eigenvalue weighted by Gasteiger charge is -2.39. The molecule has 0 aliphatic carbocycles. The van der Waals surface area contributed by atoms with Crippen LogP contribution in [0.1, 0.15) is 33.6 Å².